The van der Waals surface area contributed by atoms with Crippen molar-refractivity contribution >= 4 is 29.3 Å². The summed E-state index contributed by atoms with van der Waals surface area (Å²) in [6.07, 6.45) is 0.308. The van der Waals surface area contributed by atoms with Crippen molar-refractivity contribution in [1.82, 2.24) is 0 Å². The fourth-order valence-electron chi connectivity index (χ4n) is 2.70. The van der Waals surface area contributed by atoms with Gasteiger partial charge in [-0.05, 0) is 30.9 Å². The van der Waals surface area contributed by atoms with E-state index in [2.05, 4.69) is 0 Å². The summed E-state index contributed by atoms with van der Waals surface area (Å²) >= 11 is 6.14. The zero-order chi connectivity index (χ0) is 17.0. The van der Waals surface area contributed by atoms with Crippen molar-refractivity contribution in [3.63, 3.8) is 0 Å². The van der Waals surface area contributed by atoms with Crippen molar-refractivity contribution in [3.8, 4) is 0 Å². The Morgan fingerprint density at radius 3 is 2.70 bits per heavy atom. The number of ketones is 1. The summed E-state index contributed by atoms with van der Waals surface area (Å²) in [5.41, 5.74) is 6.18. The Bertz CT molecular complexity index is 618. The third-order valence-electron chi connectivity index (χ3n) is 3.86. The van der Waals surface area contributed by atoms with Gasteiger partial charge in [-0.2, -0.15) is 0 Å². The molecule has 1 saturated carbocycles. The summed E-state index contributed by atoms with van der Waals surface area (Å²) in [5.74, 6) is -2.71. The lowest BCUT2D eigenvalue weighted by Crippen LogP contribution is -2.41. The van der Waals surface area contributed by atoms with Crippen LogP contribution in [0.4, 0.5) is 0 Å². The van der Waals surface area contributed by atoms with E-state index in [0.717, 1.165) is 5.56 Å². The molecule has 6 nitrogen and oxygen atoms in total. The van der Waals surface area contributed by atoms with Crippen molar-refractivity contribution in [3.05, 3.63) is 34.9 Å². The van der Waals surface area contributed by atoms with E-state index >= 15 is 0 Å². The van der Waals surface area contributed by atoms with Crippen molar-refractivity contribution in [2.24, 2.45) is 5.73 Å². The number of Topliss-reactive ketones (excluding diaryl/α,β-unsaturated/α-hetero) is 1. The van der Waals surface area contributed by atoms with Crippen molar-refractivity contribution in [2.75, 3.05) is 0 Å². The van der Waals surface area contributed by atoms with Crippen LogP contribution in [0, 0.1) is 0 Å². The molecule has 0 amide bonds. The van der Waals surface area contributed by atoms with Gasteiger partial charge < -0.3 is 15.6 Å². The van der Waals surface area contributed by atoms with Crippen LogP contribution in [-0.4, -0.2) is 35.0 Å². The van der Waals surface area contributed by atoms with Gasteiger partial charge in [0.25, 0.3) is 0 Å². The van der Waals surface area contributed by atoms with Crippen LogP contribution in [0.25, 0.3) is 0 Å². The maximum Gasteiger partial charge on any atom is 0.324 e. The molecular weight excluding hydrogens is 322 g/mol. The average Bonchev–Trinajstić information content (AvgIpc) is 2.49. The second-order valence-corrected chi connectivity index (χ2v) is 5.94. The van der Waals surface area contributed by atoms with Crippen molar-refractivity contribution in [2.45, 2.75) is 43.7 Å². The normalized spacial score (nSPS) is 22.4. The second-order valence-electron chi connectivity index (χ2n) is 5.54. The minimum Gasteiger partial charge on any atom is -0.481 e. The molecule has 3 N–H and O–H groups in total. The van der Waals surface area contributed by atoms with Gasteiger partial charge in [0.2, 0.25) is 0 Å². The maximum absolute atomic E-state index is 12.6. The van der Waals surface area contributed by atoms with Gasteiger partial charge in [0.1, 0.15) is 6.04 Å². The number of ether oxygens (including phenoxy) is 1. The quantitative estimate of drug-likeness (QED) is 0.793. The predicted octanol–water partition coefficient (Wildman–Crippen LogP) is 1.89. The molecule has 3 atom stereocenters. The molecule has 0 bridgehead atoms. The highest BCUT2D eigenvalue weighted by atomic mass is 35.5. The van der Waals surface area contributed by atoms with Crippen LogP contribution < -0.4 is 5.73 Å². The van der Waals surface area contributed by atoms with Crippen LogP contribution >= 0.6 is 11.6 Å². The molecule has 2 rings (SSSR count). The highest BCUT2D eigenvalue weighted by Gasteiger charge is 2.36. The largest absolute Gasteiger partial charge is 0.481 e. The van der Waals surface area contributed by atoms with Crippen LogP contribution in [-0.2, 0) is 19.1 Å². The first-order valence-corrected chi connectivity index (χ1v) is 7.74. The first-order valence-electron chi connectivity index (χ1n) is 7.36. The first kappa shape index (κ1) is 17.4. The number of hydrogen-bond donors (Lipinski definition) is 2. The van der Waals surface area contributed by atoms with Crippen LogP contribution in [0.3, 0.4) is 0 Å². The number of carbonyl (C=O) groups is 3. The van der Waals surface area contributed by atoms with E-state index in [1.165, 1.54) is 0 Å². The third-order valence-corrected chi connectivity index (χ3v) is 4.20. The van der Waals surface area contributed by atoms with E-state index < -0.39 is 36.4 Å². The fourth-order valence-corrected chi connectivity index (χ4v) is 2.97. The Morgan fingerprint density at radius 2 is 2.04 bits per heavy atom. The molecule has 1 unspecified atom stereocenters. The van der Waals surface area contributed by atoms with Crippen LogP contribution in [0.15, 0.2) is 24.3 Å². The standard InChI is InChI=1S/C16H18ClNO5/c17-11-6-2-1-4-9(11)10-5-3-7-13(15(10)21)23-16(22)12(18)8-14(19)20/h1-2,4,6,10,12-13H,3,5,7-8,18H2,(H,19,20)/t10?,12-,13+/m0/s1. The topological polar surface area (TPSA) is 107 Å². The number of carboxylic acid groups (broad SMARTS) is 1. The molecule has 0 radical (unpaired) electrons. The van der Waals surface area contributed by atoms with Gasteiger partial charge in [0, 0.05) is 10.9 Å². The lowest BCUT2D eigenvalue weighted by Gasteiger charge is -2.28. The van der Waals surface area contributed by atoms with Crippen molar-refractivity contribution < 1.29 is 24.2 Å². The molecule has 0 aromatic heterocycles. The molecule has 0 spiro atoms. The van der Waals surface area contributed by atoms with E-state index in [0.29, 0.717) is 24.3 Å². The summed E-state index contributed by atoms with van der Waals surface area (Å²) < 4.78 is 5.14. The van der Waals surface area contributed by atoms with E-state index in [-0.39, 0.29) is 5.78 Å². The van der Waals surface area contributed by atoms with E-state index in [9.17, 15) is 14.4 Å². The van der Waals surface area contributed by atoms with Crippen LogP contribution in [0.1, 0.15) is 37.2 Å². The Kier molecular flexibility index (Phi) is 5.74. The van der Waals surface area contributed by atoms with E-state index in [4.69, 9.17) is 27.2 Å². The minimum absolute atomic E-state index is 0.222. The fraction of sp³-hybridized carbons (Fsp3) is 0.438. The minimum atomic E-state index is -1.28. The predicted molar refractivity (Wildman–Crippen MR) is 83.2 cm³/mol. The average molecular weight is 340 g/mol. The Labute approximate surface area is 138 Å². The Morgan fingerprint density at radius 1 is 1.35 bits per heavy atom. The number of benzene rings is 1. The highest BCUT2D eigenvalue weighted by molar-refractivity contribution is 6.31. The molecule has 0 saturated heterocycles. The molecule has 1 aromatic rings. The van der Waals surface area contributed by atoms with Gasteiger partial charge in [-0.15, -0.1) is 0 Å². The van der Waals surface area contributed by atoms with Gasteiger partial charge in [-0.1, -0.05) is 29.8 Å². The summed E-state index contributed by atoms with van der Waals surface area (Å²) in [5, 5.41) is 9.14. The number of rotatable bonds is 5. The summed E-state index contributed by atoms with van der Waals surface area (Å²) in [7, 11) is 0. The number of nitrogens with two attached hydrogens (primary N) is 1. The van der Waals surface area contributed by atoms with Gasteiger partial charge >= 0.3 is 11.9 Å². The highest BCUT2D eigenvalue weighted by Crippen LogP contribution is 2.35. The third kappa shape index (κ3) is 4.30. The molecule has 23 heavy (non-hydrogen) atoms. The lowest BCUT2D eigenvalue weighted by molar-refractivity contribution is -0.160. The SMILES string of the molecule is N[C@@H](CC(=O)O)C(=O)O[C@@H]1CCCC(c2ccccc2Cl)C1=O. The molecule has 0 aliphatic heterocycles. The second kappa shape index (κ2) is 7.57. The summed E-state index contributed by atoms with van der Waals surface area (Å²) in [4.78, 5) is 35.0. The zero-order valence-corrected chi connectivity index (χ0v) is 13.2. The number of carboxylic acids is 1. The monoisotopic (exact) mass is 339 g/mol. The van der Waals surface area contributed by atoms with Gasteiger partial charge in [0.05, 0.1) is 6.42 Å². The first-order chi connectivity index (χ1) is 10.9. The van der Waals surface area contributed by atoms with Crippen LogP contribution in [0.5, 0.6) is 0 Å². The lowest BCUT2D eigenvalue weighted by atomic mass is 9.81. The van der Waals surface area contributed by atoms with Gasteiger partial charge in [-0.25, -0.2) is 0 Å². The van der Waals surface area contributed by atoms with Gasteiger partial charge in [0.15, 0.2) is 11.9 Å². The molecule has 124 valence electrons. The summed E-state index contributed by atoms with van der Waals surface area (Å²) in [6.45, 7) is 0. The molecule has 1 aromatic carbocycles. The number of carbonyl (C=O) groups excluding carboxylic acids is 2. The van der Waals surface area contributed by atoms with Gasteiger partial charge in [-0.3, -0.25) is 14.4 Å². The molecule has 1 fully saturated rings. The summed E-state index contributed by atoms with van der Waals surface area (Å²) in [6, 6.07) is 5.79. The number of hydrogen-bond acceptors (Lipinski definition) is 5. The Balaban J connectivity index is 2.07. The Hall–Kier alpha value is -1.92. The van der Waals surface area contributed by atoms with Crippen molar-refractivity contribution in [1.29, 1.82) is 0 Å². The zero-order valence-electron chi connectivity index (χ0n) is 12.4. The molecule has 7 heteroatoms. The maximum atomic E-state index is 12.6. The molecule has 1 aliphatic rings. The molecule has 1 aliphatic carbocycles. The van der Waals surface area contributed by atoms with E-state index in [1.54, 1.807) is 24.3 Å². The van der Waals surface area contributed by atoms with E-state index in [1.807, 2.05) is 0 Å². The molecular formula is C16H18ClNO5. The number of halogens is 1. The molecule has 0 heterocycles. The van der Waals surface area contributed by atoms with Crippen LogP contribution in [0.2, 0.25) is 5.02 Å². The smallest absolute Gasteiger partial charge is 0.324 e. The number of esters is 1. The number of aliphatic carboxylic acids is 1.